The van der Waals surface area contributed by atoms with E-state index < -0.39 is 6.04 Å². The van der Waals surface area contributed by atoms with E-state index in [9.17, 15) is 4.79 Å². The maximum absolute atomic E-state index is 11.9. The van der Waals surface area contributed by atoms with Crippen LogP contribution in [0.1, 0.15) is 31.4 Å². The quantitative estimate of drug-likeness (QED) is 0.812. The summed E-state index contributed by atoms with van der Waals surface area (Å²) < 4.78 is 5.14. The Kier molecular flexibility index (Phi) is 9.21. The maximum Gasteiger partial charge on any atom is 0.237 e. The molecule has 0 fully saturated rings. The van der Waals surface area contributed by atoms with Gasteiger partial charge in [0.2, 0.25) is 5.91 Å². The molecule has 1 aromatic carbocycles. The van der Waals surface area contributed by atoms with Crippen molar-refractivity contribution in [2.24, 2.45) is 11.7 Å². The standard InChI is InChI=1S/C15H24N2O2.ClH/c1-11(2)8-14(16)15(18)17-9-12-6-4-5-7-13(12)10-19-3;/h4-7,11,14H,8-10,16H2,1-3H3,(H,17,18);1H/t14-;/m0./s1. The van der Waals surface area contributed by atoms with Crippen LogP contribution in [-0.4, -0.2) is 19.1 Å². The Balaban J connectivity index is 0.00000361. The zero-order valence-electron chi connectivity index (χ0n) is 12.4. The van der Waals surface area contributed by atoms with Gasteiger partial charge in [-0.05, 0) is 23.5 Å². The first kappa shape index (κ1) is 18.9. The highest BCUT2D eigenvalue weighted by atomic mass is 35.5. The molecule has 0 radical (unpaired) electrons. The van der Waals surface area contributed by atoms with Gasteiger partial charge >= 0.3 is 0 Å². The first-order chi connectivity index (χ1) is 9.04. The van der Waals surface area contributed by atoms with Crippen LogP contribution in [0.15, 0.2) is 24.3 Å². The molecule has 0 spiro atoms. The Morgan fingerprint density at radius 2 is 1.90 bits per heavy atom. The lowest BCUT2D eigenvalue weighted by molar-refractivity contribution is -0.122. The molecule has 1 rings (SSSR count). The first-order valence-corrected chi connectivity index (χ1v) is 6.63. The summed E-state index contributed by atoms with van der Waals surface area (Å²) in [5.74, 6) is 0.322. The van der Waals surface area contributed by atoms with E-state index in [1.807, 2.05) is 24.3 Å². The fraction of sp³-hybridized carbons (Fsp3) is 0.533. The van der Waals surface area contributed by atoms with E-state index in [1.165, 1.54) is 0 Å². The topological polar surface area (TPSA) is 64.3 Å². The predicted octanol–water partition coefficient (Wildman–Crippen LogP) is 2.24. The number of methoxy groups -OCH3 is 1. The van der Waals surface area contributed by atoms with Crippen LogP contribution in [0.4, 0.5) is 0 Å². The maximum atomic E-state index is 11.9. The van der Waals surface area contributed by atoms with Gasteiger partial charge in [0.25, 0.3) is 0 Å². The molecule has 1 aromatic rings. The second-order valence-electron chi connectivity index (χ2n) is 5.16. The fourth-order valence-corrected chi connectivity index (χ4v) is 1.95. The number of nitrogens with two attached hydrogens (primary N) is 1. The van der Waals surface area contributed by atoms with Crippen molar-refractivity contribution >= 4 is 18.3 Å². The summed E-state index contributed by atoms with van der Waals surface area (Å²) in [4.78, 5) is 11.9. The van der Waals surface area contributed by atoms with Crippen molar-refractivity contribution in [3.8, 4) is 0 Å². The lowest BCUT2D eigenvalue weighted by atomic mass is 10.0. The number of carbonyl (C=O) groups excluding carboxylic acids is 1. The van der Waals surface area contributed by atoms with Gasteiger partial charge in [-0.15, -0.1) is 12.4 Å². The predicted molar refractivity (Wildman–Crippen MR) is 83.7 cm³/mol. The Morgan fingerprint density at radius 1 is 1.30 bits per heavy atom. The monoisotopic (exact) mass is 300 g/mol. The molecule has 0 saturated heterocycles. The minimum atomic E-state index is -0.436. The summed E-state index contributed by atoms with van der Waals surface area (Å²) in [5.41, 5.74) is 7.99. The third-order valence-corrected chi connectivity index (χ3v) is 2.93. The van der Waals surface area contributed by atoms with Gasteiger partial charge < -0.3 is 15.8 Å². The number of nitrogens with one attached hydrogen (secondary N) is 1. The van der Waals surface area contributed by atoms with Gasteiger partial charge in [-0.3, -0.25) is 4.79 Å². The number of carbonyl (C=O) groups is 1. The minimum absolute atomic E-state index is 0. The van der Waals surface area contributed by atoms with E-state index in [0.717, 1.165) is 11.1 Å². The van der Waals surface area contributed by atoms with Crippen LogP contribution in [0.3, 0.4) is 0 Å². The van der Waals surface area contributed by atoms with Gasteiger partial charge in [0.15, 0.2) is 0 Å². The normalized spacial score (nSPS) is 11.8. The third kappa shape index (κ3) is 6.37. The highest BCUT2D eigenvalue weighted by molar-refractivity contribution is 5.85. The SMILES string of the molecule is COCc1ccccc1CNC(=O)[C@@H](N)CC(C)C.Cl. The van der Waals surface area contributed by atoms with Gasteiger partial charge in [-0.25, -0.2) is 0 Å². The van der Waals surface area contributed by atoms with Crippen LogP contribution < -0.4 is 11.1 Å². The molecule has 0 aromatic heterocycles. The van der Waals surface area contributed by atoms with Gasteiger partial charge in [-0.1, -0.05) is 38.1 Å². The van der Waals surface area contributed by atoms with Crippen molar-refractivity contribution in [1.29, 1.82) is 0 Å². The molecule has 0 unspecified atom stereocenters. The largest absolute Gasteiger partial charge is 0.380 e. The average Bonchev–Trinajstić information content (AvgIpc) is 2.37. The van der Waals surface area contributed by atoms with E-state index in [2.05, 4.69) is 19.2 Å². The molecule has 3 N–H and O–H groups in total. The summed E-state index contributed by atoms with van der Waals surface area (Å²) in [6.45, 7) is 5.15. The van der Waals surface area contributed by atoms with E-state index in [0.29, 0.717) is 25.5 Å². The second-order valence-corrected chi connectivity index (χ2v) is 5.16. The Labute approximate surface area is 127 Å². The average molecular weight is 301 g/mol. The smallest absolute Gasteiger partial charge is 0.237 e. The highest BCUT2D eigenvalue weighted by Gasteiger charge is 2.14. The van der Waals surface area contributed by atoms with Crippen molar-refractivity contribution in [3.63, 3.8) is 0 Å². The van der Waals surface area contributed by atoms with Crippen molar-refractivity contribution in [3.05, 3.63) is 35.4 Å². The summed E-state index contributed by atoms with van der Waals surface area (Å²) in [6.07, 6.45) is 0.700. The summed E-state index contributed by atoms with van der Waals surface area (Å²) >= 11 is 0. The lowest BCUT2D eigenvalue weighted by Gasteiger charge is -2.15. The Bertz CT molecular complexity index is 411. The number of amides is 1. The molecule has 4 nitrogen and oxygen atoms in total. The van der Waals surface area contributed by atoms with Gasteiger partial charge in [0.05, 0.1) is 12.6 Å². The van der Waals surface area contributed by atoms with E-state index in [-0.39, 0.29) is 18.3 Å². The molecule has 114 valence electrons. The van der Waals surface area contributed by atoms with Crippen LogP contribution in [0.5, 0.6) is 0 Å². The van der Waals surface area contributed by atoms with E-state index >= 15 is 0 Å². The highest BCUT2D eigenvalue weighted by Crippen LogP contribution is 2.10. The fourth-order valence-electron chi connectivity index (χ4n) is 1.95. The molecule has 5 heteroatoms. The molecule has 0 aliphatic heterocycles. The zero-order chi connectivity index (χ0) is 14.3. The van der Waals surface area contributed by atoms with Gasteiger partial charge in [0.1, 0.15) is 0 Å². The van der Waals surface area contributed by atoms with Crippen LogP contribution in [-0.2, 0) is 22.7 Å². The summed E-state index contributed by atoms with van der Waals surface area (Å²) in [7, 11) is 1.66. The third-order valence-electron chi connectivity index (χ3n) is 2.93. The first-order valence-electron chi connectivity index (χ1n) is 6.63. The zero-order valence-corrected chi connectivity index (χ0v) is 13.2. The summed E-state index contributed by atoms with van der Waals surface area (Å²) in [6, 6.07) is 7.47. The molecular weight excluding hydrogens is 276 g/mol. The van der Waals surface area contributed by atoms with Crippen LogP contribution in [0.25, 0.3) is 0 Å². The van der Waals surface area contributed by atoms with E-state index in [1.54, 1.807) is 7.11 Å². The Morgan fingerprint density at radius 3 is 2.45 bits per heavy atom. The van der Waals surface area contributed by atoms with Crippen LogP contribution in [0, 0.1) is 5.92 Å². The molecule has 0 aliphatic carbocycles. The molecular formula is C15H25ClN2O2. The molecule has 0 aliphatic rings. The van der Waals surface area contributed by atoms with Crippen molar-refractivity contribution in [2.75, 3.05) is 7.11 Å². The number of rotatable bonds is 7. The molecule has 0 saturated carbocycles. The molecule has 0 heterocycles. The van der Waals surface area contributed by atoms with Crippen LogP contribution >= 0.6 is 12.4 Å². The van der Waals surface area contributed by atoms with Gasteiger partial charge in [0, 0.05) is 13.7 Å². The lowest BCUT2D eigenvalue weighted by Crippen LogP contribution is -2.41. The molecule has 0 bridgehead atoms. The van der Waals surface area contributed by atoms with Gasteiger partial charge in [-0.2, -0.15) is 0 Å². The van der Waals surface area contributed by atoms with Crippen LogP contribution in [0.2, 0.25) is 0 Å². The number of hydrogen-bond acceptors (Lipinski definition) is 3. The number of hydrogen-bond donors (Lipinski definition) is 2. The summed E-state index contributed by atoms with van der Waals surface area (Å²) in [5, 5.41) is 2.88. The Hall–Kier alpha value is -1.10. The van der Waals surface area contributed by atoms with Crippen molar-refractivity contribution in [1.82, 2.24) is 5.32 Å². The van der Waals surface area contributed by atoms with Crippen molar-refractivity contribution in [2.45, 2.75) is 39.5 Å². The van der Waals surface area contributed by atoms with E-state index in [4.69, 9.17) is 10.5 Å². The molecule has 20 heavy (non-hydrogen) atoms. The number of halogens is 1. The molecule has 1 amide bonds. The number of benzene rings is 1. The molecule has 1 atom stereocenters. The van der Waals surface area contributed by atoms with Crippen molar-refractivity contribution < 1.29 is 9.53 Å². The minimum Gasteiger partial charge on any atom is -0.380 e. The second kappa shape index (κ2) is 9.75. The number of ether oxygens (including phenoxy) is 1.